The van der Waals surface area contributed by atoms with Crippen LogP contribution in [-0.4, -0.2) is 25.3 Å². The molecular weight excluding hydrogens is 286 g/mol. The van der Waals surface area contributed by atoms with Crippen LogP contribution in [0.25, 0.3) is 0 Å². The van der Waals surface area contributed by atoms with Gasteiger partial charge in [-0.05, 0) is 31.9 Å². The summed E-state index contributed by atoms with van der Waals surface area (Å²) < 4.78 is 53.3. The summed E-state index contributed by atoms with van der Waals surface area (Å²) >= 11 is 0. The zero-order valence-corrected chi connectivity index (χ0v) is 12.8. The van der Waals surface area contributed by atoms with Crippen molar-refractivity contribution >= 4 is 15.7 Å². The Balaban J connectivity index is 3.41. The molecule has 0 radical (unpaired) electrons. The third kappa shape index (κ3) is 3.46. The molecule has 1 rings (SSSR count). The number of hydrogen-bond acceptors (Lipinski definition) is 3. The Labute approximate surface area is 118 Å². The monoisotopic (exact) mass is 306 g/mol. The number of anilines is 1. The van der Waals surface area contributed by atoms with Crippen molar-refractivity contribution in [2.24, 2.45) is 5.92 Å². The van der Waals surface area contributed by atoms with Gasteiger partial charge >= 0.3 is 0 Å². The average Bonchev–Trinajstić information content (AvgIpc) is 2.29. The van der Waals surface area contributed by atoms with Gasteiger partial charge < -0.3 is 5.73 Å². The molecule has 2 N–H and O–H groups in total. The summed E-state index contributed by atoms with van der Waals surface area (Å²) in [4.78, 5) is -0.718. The minimum atomic E-state index is -4.13. The van der Waals surface area contributed by atoms with Gasteiger partial charge in [-0.2, -0.15) is 4.31 Å². The van der Waals surface area contributed by atoms with Gasteiger partial charge in [0.15, 0.2) is 11.6 Å². The van der Waals surface area contributed by atoms with Crippen molar-refractivity contribution in [2.45, 2.75) is 38.6 Å². The highest BCUT2D eigenvalue weighted by atomic mass is 32.2. The third-order valence-corrected chi connectivity index (χ3v) is 4.77. The lowest BCUT2D eigenvalue weighted by Crippen LogP contribution is -2.40. The smallest absolute Gasteiger partial charge is 0.246 e. The molecule has 0 aromatic heterocycles. The number of nitrogen functional groups attached to an aromatic ring is 1. The zero-order chi connectivity index (χ0) is 15.7. The molecule has 0 atom stereocenters. The number of sulfonamides is 1. The van der Waals surface area contributed by atoms with Crippen molar-refractivity contribution in [3.63, 3.8) is 0 Å². The van der Waals surface area contributed by atoms with Crippen LogP contribution in [0.2, 0.25) is 0 Å². The maximum atomic E-state index is 13.8. The first-order valence-electron chi connectivity index (χ1n) is 6.33. The Kier molecular flexibility index (Phi) is 5.10. The van der Waals surface area contributed by atoms with Gasteiger partial charge in [-0.3, -0.25) is 0 Å². The molecule has 0 spiro atoms. The van der Waals surface area contributed by atoms with E-state index < -0.39 is 26.6 Å². The average molecular weight is 306 g/mol. The van der Waals surface area contributed by atoms with E-state index in [1.54, 1.807) is 13.8 Å². The zero-order valence-electron chi connectivity index (χ0n) is 12.0. The Hall–Kier alpha value is -1.21. The number of nitrogens with zero attached hydrogens (tertiary/aromatic N) is 1. The molecule has 1 aromatic rings. The van der Waals surface area contributed by atoms with Gasteiger partial charge in [0, 0.05) is 18.3 Å². The number of hydrogen-bond donors (Lipinski definition) is 1. The molecule has 0 unspecified atom stereocenters. The molecule has 7 heteroatoms. The SMILES string of the molecule is CC(C)CN(C(C)C)S(=O)(=O)c1cc(N)cc(F)c1F. The molecule has 0 bridgehead atoms. The highest BCUT2D eigenvalue weighted by molar-refractivity contribution is 7.89. The minimum absolute atomic E-state index is 0.0566. The molecule has 0 aliphatic carbocycles. The van der Waals surface area contributed by atoms with E-state index >= 15 is 0 Å². The first-order chi connectivity index (χ1) is 9.07. The summed E-state index contributed by atoms with van der Waals surface area (Å²) in [6.07, 6.45) is 0. The number of rotatable bonds is 5. The lowest BCUT2D eigenvalue weighted by molar-refractivity contribution is 0.317. The van der Waals surface area contributed by atoms with Gasteiger partial charge in [0.2, 0.25) is 10.0 Å². The number of halogens is 2. The van der Waals surface area contributed by atoms with Gasteiger partial charge in [-0.15, -0.1) is 0 Å². The summed E-state index contributed by atoms with van der Waals surface area (Å²) in [6.45, 7) is 7.28. The quantitative estimate of drug-likeness (QED) is 0.851. The van der Waals surface area contributed by atoms with E-state index in [2.05, 4.69) is 0 Å². The molecule has 1 aromatic carbocycles. The Morgan fingerprint density at radius 3 is 2.20 bits per heavy atom. The van der Waals surface area contributed by atoms with Crippen molar-refractivity contribution in [1.82, 2.24) is 4.31 Å². The maximum Gasteiger partial charge on any atom is 0.246 e. The first-order valence-corrected chi connectivity index (χ1v) is 7.77. The van der Waals surface area contributed by atoms with Crippen LogP contribution in [0.4, 0.5) is 14.5 Å². The molecule has 0 aliphatic heterocycles. The van der Waals surface area contributed by atoms with E-state index in [1.807, 2.05) is 13.8 Å². The second-order valence-corrected chi connectivity index (χ2v) is 7.24. The molecule has 0 saturated heterocycles. The summed E-state index contributed by atoms with van der Waals surface area (Å²) in [5.41, 5.74) is 5.28. The fourth-order valence-electron chi connectivity index (χ4n) is 1.84. The summed E-state index contributed by atoms with van der Waals surface area (Å²) in [7, 11) is -4.13. The minimum Gasteiger partial charge on any atom is -0.399 e. The molecule has 114 valence electrons. The lowest BCUT2D eigenvalue weighted by Gasteiger charge is -2.27. The van der Waals surface area contributed by atoms with E-state index in [4.69, 9.17) is 5.73 Å². The topological polar surface area (TPSA) is 63.4 Å². The van der Waals surface area contributed by atoms with Gasteiger partial charge in [0.05, 0.1) is 0 Å². The van der Waals surface area contributed by atoms with Crippen LogP contribution < -0.4 is 5.73 Å². The third-order valence-electron chi connectivity index (χ3n) is 2.72. The molecule has 0 saturated carbocycles. The normalized spacial score (nSPS) is 12.7. The summed E-state index contributed by atoms with van der Waals surface area (Å²) in [6, 6.07) is 1.34. The number of benzene rings is 1. The molecule has 4 nitrogen and oxygen atoms in total. The van der Waals surface area contributed by atoms with Gasteiger partial charge in [0.1, 0.15) is 4.90 Å². The van der Waals surface area contributed by atoms with E-state index in [0.717, 1.165) is 16.4 Å². The van der Waals surface area contributed by atoms with Gasteiger partial charge in [-0.25, -0.2) is 17.2 Å². The van der Waals surface area contributed by atoms with E-state index in [0.29, 0.717) is 0 Å². The fourth-order valence-corrected chi connectivity index (χ4v) is 3.76. The standard InChI is InChI=1S/C13H20F2N2O2S/c1-8(2)7-17(9(3)4)20(18,19)12-6-10(16)5-11(14)13(12)15/h5-6,8-9H,7,16H2,1-4H3. The van der Waals surface area contributed by atoms with Crippen LogP contribution in [0.1, 0.15) is 27.7 Å². The maximum absolute atomic E-state index is 13.8. The van der Waals surface area contributed by atoms with Crippen LogP contribution in [0.5, 0.6) is 0 Å². The molecule has 0 heterocycles. The van der Waals surface area contributed by atoms with E-state index in [9.17, 15) is 17.2 Å². The molecule has 20 heavy (non-hydrogen) atoms. The van der Waals surface area contributed by atoms with Crippen molar-refractivity contribution in [1.29, 1.82) is 0 Å². The highest BCUT2D eigenvalue weighted by Crippen LogP contribution is 2.26. The van der Waals surface area contributed by atoms with E-state index in [1.165, 1.54) is 0 Å². The largest absolute Gasteiger partial charge is 0.399 e. The van der Waals surface area contributed by atoms with Crippen molar-refractivity contribution in [2.75, 3.05) is 12.3 Å². The first kappa shape index (κ1) is 16.8. The Morgan fingerprint density at radius 1 is 1.20 bits per heavy atom. The summed E-state index contributed by atoms with van der Waals surface area (Å²) in [5.74, 6) is -2.61. The predicted octanol–water partition coefficient (Wildman–Crippen LogP) is 2.60. The van der Waals surface area contributed by atoms with Crippen molar-refractivity contribution in [3.8, 4) is 0 Å². The molecule has 0 aliphatic rings. The Morgan fingerprint density at radius 2 is 1.75 bits per heavy atom. The fraction of sp³-hybridized carbons (Fsp3) is 0.538. The highest BCUT2D eigenvalue weighted by Gasteiger charge is 2.31. The molecular formula is C13H20F2N2O2S. The Bertz CT molecular complexity index is 586. The van der Waals surface area contributed by atoms with Crippen LogP contribution in [0.3, 0.4) is 0 Å². The predicted molar refractivity (Wildman–Crippen MR) is 74.6 cm³/mol. The lowest BCUT2D eigenvalue weighted by atomic mass is 10.2. The number of nitrogens with two attached hydrogens (primary N) is 1. The van der Waals surface area contributed by atoms with Crippen molar-refractivity contribution < 1.29 is 17.2 Å². The molecule has 0 amide bonds. The second kappa shape index (κ2) is 6.05. The van der Waals surface area contributed by atoms with Crippen LogP contribution in [0.15, 0.2) is 17.0 Å². The van der Waals surface area contributed by atoms with E-state index in [-0.39, 0.29) is 24.2 Å². The van der Waals surface area contributed by atoms with Crippen LogP contribution in [-0.2, 0) is 10.0 Å². The summed E-state index contributed by atoms with van der Waals surface area (Å²) in [5, 5.41) is 0. The molecule has 0 fully saturated rings. The van der Waals surface area contributed by atoms with Gasteiger partial charge in [0.25, 0.3) is 0 Å². The van der Waals surface area contributed by atoms with Crippen LogP contribution in [0, 0.1) is 17.6 Å². The van der Waals surface area contributed by atoms with Crippen LogP contribution >= 0.6 is 0 Å². The van der Waals surface area contributed by atoms with Gasteiger partial charge in [-0.1, -0.05) is 13.8 Å². The second-order valence-electron chi connectivity index (χ2n) is 5.38. The van der Waals surface area contributed by atoms with Crippen molar-refractivity contribution in [3.05, 3.63) is 23.8 Å².